The van der Waals surface area contributed by atoms with Crippen LogP contribution in [-0.2, 0) is 10.0 Å². The first-order valence-corrected chi connectivity index (χ1v) is 6.53. The number of aliphatic hydroxyl groups is 1. The van der Waals surface area contributed by atoms with E-state index < -0.39 is 10.0 Å². The highest BCUT2D eigenvalue weighted by molar-refractivity contribution is 7.93. The Hall–Kier alpha value is -0.650. The highest BCUT2D eigenvalue weighted by Crippen LogP contribution is 2.05. The van der Waals surface area contributed by atoms with Crippen LogP contribution in [-0.4, -0.2) is 26.7 Å². The Morgan fingerprint density at radius 1 is 1.12 bits per heavy atom. The molecule has 0 spiro atoms. The van der Waals surface area contributed by atoms with Crippen molar-refractivity contribution in [1.29, 1.82) is 0 Å². The van der Waals surface area contributed by atoms with Gasteiger partial charge in [0.2, 0.25) is 10.0 Å². The van der Waals surface area contributed by atoms with Crippen molar-refractivity contribution < 1.29 is 13.5 Å². The molecule has 0 atom stereocenters. The molecule has 0 aliphatic carbocycles. The lowest BCUT2D eigenvalue weighted by atomic mass is 10.3. The zero-order valence-electron chi connectivity index (χ0n) is 10.9. The first kappa shape index (κ1) is 17.7. The van der Waals surface area contributed by atoms with Crippen molar-refractivity contribution >= 4 is 10.0 Å². The molecule has 0 unspecified atom stereocenters. The van der Waals surface area contributed by atoms with E-state index in [0.29, 0.717) is 4.91 Å². The zero-order valence-corrected chi connectivity index (χ0v) is 11.7. The zero-order chi connectivity index (χ0) is 13.4. The van der Waals surface area contributed by atoms with Crippen molar-refractivity contribution in [2.75, 3.05) is 7.11 Å². The molecule has 0 aromatic rings. The summed E-state index contributed by atoms with van der Waals surface area (Å²) in [7, 11) is -2.29. The fourth-order valence-electron chi connectivity index (χ4n) is 0.777. The predicted molar refractivity (Wildman–Crippen MR) is 68.5 cm³/mol. The molecule has 4 nitrogen and oxygen atoms in total. The van der Waals surface area contributed by atoms with E-state index in [2.05, 4.69) is 4.72 Å². The van der Waals surface area contributed by atoms with Crippen LogP contribution in [0.1, 0.15) is 34.6 Å². The first-order valence-electron chi connectivity index (χ1n) is 5.04. The monoisotopic (exact) mass is 249 g/mol. The van der Waals surface area contributed by atoms with E-state index in [1.165, 1.54) is 0 Å². The molecule has 2 N–H and O–H groups in total. The van der Waals surface area contributed by atoms with E-state index in [-0.39, 0.29) is 6.04 Å². The number of rotatable bonds is 4. The molecule has 5 heteroatoms. The van der Waals surface area contributed by atoms with Crippen LogP contribution in [0, 0.1) is 0 Å². The van der Waals surface area contributed by atoms with Gasteiger partial charge in [-0.1, -0.05) is 11.6 Å². The van der Waals surface area contributed by atoms with Gasteiger partial charge in [0.05, 0.1) is 4.91 Å². The summed E-state index contributed by atoms with van der Waals surface area (Å²) in [5.41, 5.74) is 1.07. The van der Waals surface area contributed by atoms with Gasteiger partial charge < -0.3 is 5.11 Å². The van der Waals surface area contributed by atoms with Crippen molar-refractivity contribution in [2.45, 2.75) is 40.7 Å². The van der Waals surface area contributed by atoms with E-state index in [1.807, 2.05) is 13.8 Å². The van der Waals surface area contributed by atoms with Crippen LogP contribution >= 0.6 is 0 Å². The Balaban J connectivity index is 0. The van der Waals surface area contributed by atoms with Gasteiger partial charge >= 0.3 is 0 Å². The molecular formula is C11H23NO3S. The smallest absolute Gasteiger partial charge is 0.236 e. The maximum Gasteiger partial charge on any atom is 0.236 e. The van der Waals surface area contributed by atoms with Crippen LogP contribution in [0.4, 0.5) is 0 Å². The van der Waals surface area contributed by atoms with Gasteiger partial charge in [0.25, 0.3) is 0 Å². The van der Waals surface area contributed by atoms with E-state index in [9.17, 15) is 8.42 Å². The summed E-state index contributed by atoms with van der Waals surface area (Å²) in [6, 6.07) is -0.0740. The SMILES string of the molecule is CC(C)=C/C=C(\C)S(=O)(=O)NC(C)C.CO. The Morgan fingerprint density at radius 3 is 1.88 bits per heavy atom. The van der Waals surface area contributed by atoms with Gasteiger partial charge in [-0.05, 0) is 40.7 Å². The molecule has 0 radical (unpaired) electrons. The van der Waals surface area contributed by atoms with E-state index in [0.717, 1.165) is 12.7 Å². The largest absolute Gasteiger partial charge is 0.400 e. The predicted octanol–water partition coefficient (Wildman–Crippen LogP) is 1.79. The Kier molecular flexibility index (Phi) is 9.42. The van der Waals surface area contributed by atoms with Gasteiger partial charge in [-0.3, -0.25) is 0 Å². The van der Waals surface area contributed by atoms with Gasteiger partial charge in [0.15, 0.2) is 0 Å². The Bertz CT molecular complexity index is 336. The number of aliphatic hydroxyl groups excluding tert-OH is 1. The molecule has 0 aromatic heterocycles. The van der Waals surface area contributed by atoms with Gasteiger partial charge in [0.1, 0.15) is 0 Å². The lowest BCUT2D eigenvalue weighted by Crippen LogP contribution is -2.30. The van der Waals surface area contributed by atoms with E-state index >= 15 is 0 Å². The average molecular weight is 249 g/mol. The second kappa shape index (κ2) is 8.50. The number of hydrogen-bond acceptors (Lipinski definition) is 3. The molecule has 0 aliphatic heterocycles. The van der Waals surface area contributed by atoms with Gasteiger partial charge in [-0.15, -0.1) is 0 Å². The lowest BCUT2D eigenvalue weighted by molar-refractivity contribution is 0.399. The second-order valence-corrected chi connectivity index (χ2v) is 5.68. The Morgan fingerprint density at radius 2 is 1.56 bits per heavy atom. The molecule has 0 saturated heterocycles. The number of hydrogen-bond donors (Lipinski definition) is 2. The summed E-state index contributed by atoms with van der Waals surface area (Å²) in [4.78, 5) is 0.340. The highest BCUT2D eigenvalue weighted by atomic mass is 32.2. The minimum absolute atomic E-state index is 0.0740. The summed E-state index contributed by atoms with van der Waals surface area (Å²) in [6.07, 6.45) is 3.40. The Labute approximate surface area is 99.1 Å². The fourth-order valence-corrected chi connectivity index (χ4v) is 1.83. The van der Waals surface area contributed by atoms with Crippen molar-refractivity contribution in [2.24, 2.45) is 0 Å². The van der Waals surface area contributed by atoms with E-state index in [1.54, 1.807) is 32.9 Å². The molecule has 0 fully saturated rings. The van der Waals surface area contributed by atoms with Crippen LogP contribution in [0.3, 0.4) is 0 Å². The van der Waals surface area contributed by atoms with Crippen molar-refractivity contribution in [3.8, 4) is 0 Å². The summed E-state index contributed by atoms with van der Waals surface area (Å²) in [5, 5.41) is 7.00. The van der Waals surface area contributed by atoms with Crippen LogP contribution in [0.2, 0.25) is 0 Å². The van der Waals surface area contributed by atoms with Gasteiger partial charge in [0, 0.05) is 13.2 Å². The summed E-state index contributed by atoms with van der Waals surface area (Å²) in [5.74, 6) is 0. The van der Waals surface area contributed by atoms with E-state index in [4.69, 9.17) is 5.11 Å². The topological polar surface area (TPSA) is 66.4 Å². The first-order chi connectivity index (χ1) is 7.25. The van der Waals surface area contributed by atoms with Gasteiger partial charge in [-0.25, -0.2) is 13.1 Å². The molecule has 0 saturated carbocycles. The molecule has 0 amide bonds. The van der Waals surface area contributed by atoms with Crippen molar-refractivity contribution in [1.82, 2.24) is 4.72 Å². The summed E-state index contributed by atoms with van der Waals surface area (Å²) < 4.78 is 25.6. The third kappa shape index (κ3) is 8.64. The molecule has 0 aromatic carbocycles. The summed E-state index contributed by atoms with van der Waals surface area (Å²) in [6.45, 7) is 9.03. The minimum Gasteiger partial charge on any atom is -0.400 e. The van der Waals surface area contributed by atoms with Crippen LogP contribution < -0.4 is 4.72 Å². The number of nitrogens with one attached hydrogen (secondary N) is 1. The molecule has 0 aliphatic rings. The fraction of sp³-hybridized carbons (Fsp3) is 0.636. The quantitative estimate of drug-likeness (QED) is 0.747. The lowest BCUT2D eigenvalue weighted by Gasteiger charge is -2.08. The minimum atomic E-state index is -3.29. The molecule has 16 heavy (non-hydrogen) atoms. The van der Waals surface area contributed by atoms with Crippen molar-refractivity contribution in [3.63, 3.8) is 0 Å². The molecule has 96 valence electrons. The molecule has 0 bridgehead atoms. The third-order valence-electron chi connectivity index (χ3n) is 1.47. The van der Waals surface area contributed by atoms with Crippen molar-refractivity contribution in [3.05, 3.63) is 22.6 Å². The molecule has 0 rings (SSSR count). The standard InChI is InChI=1S/C10H19NO2S.CH4O/c1-8(2)6-7-10(5)14(12,13)11-9(3)4;1-2/h6-7,9,11H,1-5H3;2H,1H3/b10-7+;. The summed E-state index contributed by atoms with van der Waals surface area (Å²) >= 11 is 0. The number of allylic oxidation sites excluding steroid dienone is 4. The highest BCUT2D eigenvalue weighted by Gasteiger charge is 2.13. The van der Waals surface area contributed by atoms with Crippen LogP contribution in [0.5, 0.6) is 0 Å². The number of sulfonamides is 1. The second-order valence-electron chi connectivity index (χ2n) is 3.80. The maximum absolute atomic E-state index is 11.5. The van der Waals surface area contributed by atoms with Gasteiger partial charge in [-0.2, -0.15) is 0 Å². The average Bonchev–Trinajstić information content (AvgIpc) is 2.15. The third-order valence-corrected chi connectivity index (χ3v) is 3.23. The molecule has 0 heterocycles. The van der Waals surface area contributed by atoms with Crippen LogP contribution in [0.15, 0.2) is 22.6 Å². The maximum atomic E-state index is 11.5. The molecular weight excluding hydrogens is 226 g/mol. The normalized spacial score (nSPS) is 11.9. The van der Waals surface area contributed by atoms with Crippen LogP contribution in [0.25, 0.3) is 0 Å².